The first kappa shape index (κ1) is 15.4. The minimum atomic E-state index is 0.435. The van der Waals surface area contributed by atoms with Crippen molar-refractivity contribution in [2.75, 3.05) is 12.8 Å². The van der Waals surface area contributed by atoms with Crippen LogP contribution in [0.15, 0.2) is 41.6 Å². The predicted octanol–water partition coefficient (Wildman–Crippen LogP) is 3.48. The topological polar surface area (TPSA) is 29.9 Å². The predicted molar refractivity (Wildman–Crippen MR) is 86.6 cm³/mol. The molecule has 0 fully saturated rings. The van der Waals surface area contributed by atoms with Crippen molar-refractivity contribution in [2.45, 2.75) is 30.8 Å². The molecular formula is C15H20ClN3S. The van der Waals surface area contributed by atoms with Gasteiger partial charge in [0, 0.05) is 34.5 Å². The smallest absolute Gasteiger partial charge is 0.0522 e. The molecule has 1 aromatic carbocycles. The van der Waals surface area contributed by atoms with Crippen LogP contribution in [0.25, 0.3) is 0 Å². The lowest BCUT2D eigenvalue weighted by Crippen LogP contribution is -2.29. The van der Waals surface area contributed by atoms with Crippen LogP contribution in [0.4, 0.5) is 0 Å². The van der Waals surface area contributed by atoms with Gasteiger partial charge in [-0.3, -0.25) is 4.68 Å². The van der Waals surface area contributed by atoms with Crippen molar-refractivity contribution >= 4 is 23.4 Å². The maximum absolute atomic E-state index is 5.89. The Hall–Kier alpha value is -0.970. The molecule has 0 bridgehead atoms. The summed E-state index contributed by atoms with van der Waals surface area (Å²) in [5.74, 6) is 1.02. The Labute approximate surface area is 129 Å². The molecule has 2 rings (SSSR count). The van der Waals surface area contributed by atoms with Crippen molar-refractivity contribution < 1.29 is 0 Å². The van der Waals surface area contributed by atoms with Gasteiger partial charge in [0.15, 0.2) is 0 Å². The molecule has 0 radical (unpaired) electrons. The highest BCUT2D eigenvalue weighted by molar-refractivity contribution is 7.99. The second kappa shape index (κ2) is 7.72. The lowest BCUT2D eigenvalue weighted by Gasteiger charge is -2.14. The monoisotopic (exact) mass is 309 g/mol. The summed E-state index contributed by atoms with van der Waals surface area (Å²) in [7, 11) is 2.01. The fraction of sp³-hybridized carbons (Fsp3) is 0.400. The zero-order chi connectivity index (χ0) is 14.4. The molecule has 1 atom stereocenters. The first-order valence-corrected chi connectivity index (χ1v) is 8.14. The van der Waals surface area contributed by atoms with Gasteiger partial charge in [-0.1, -0.05) is 11.6 Å². The number of rotatable bonds is 7. The molecule has 20 heavy (non-hydrogen) atoms. The van der Waals surface area contributed by atoms with E-state index >= 15 is 0 Å². The number of hydrogen-bond donors (Lipinski definition) is 1. The van der Waals surface area contributed by atoms with Crippen LogP contribution < -0.4 is 5.32 Å². The highest BCUT2D eigenvalue weighted by atomic mass is 35.5. The quantitative estimate of drug-likeness (QED) is 0.794. The number of nitrogens with zero attached hydrogens (tertiary/aromatic N) is 2. The van der Waals surface area contributed by atoms with E-state index in [9.17, 15) is 0 Å². The molecule has 1 heterocycles. The maximum atomic E-state index is 5.89. The molecule has 0 saturated carbocycles. The van der Waals surface area contributed by atoms with Gasteiger partial charge in [0.05, 0.1) is 6.20 Å². The molecule has 0 saturated heterocycles. The Kier molecular flexibility index (Phi) is 5.95. The van der Waals surface area contributed by atoms with Gasteiger partial charge >= 0.3 is 0 Å². The number of thioether (sulfide) groups is 1. The molecule has 0 amide bonds. The van der Waals surface area contributed by atoms with E-state index in [2.05, 4.69) is 35.7 Å². The average molecular weight is 310 g/mol. The Balaban J connectivity index is 1.87. The Morgan fingerprint density at radius 2 is 2.10 bits per heavy atom. The van der Waals surface area contributed by atoms with Crippen molar-refractivity contribution in [3.63, 3.8) is 0 Å². The van der Waals surface area contributed by atoms with Gasteiger partial charge < -0.3 is 5.32 Å². The van der Waals surface area contributed by atoms with Crippen LogP contribution in [0.1, 0.15) is 12.5 Å². The van der Waals surface area contributed by atoms with Crippen molar-refractivity contribution in [1.29, 1.82) is 0 Å². The van der Waals surface area contributed by atoms with Crippen LogP contribution in [0.2, 0.25) is 5.02 Å². The van der Waals surface area contributed by atoms with Crippen LogP contribution in [-0.2, 0) is 13.0 Å². The van der Waals surface area contributed by atoms with Gasteiger partial charge in [-0.25, -0.2) is 0 Å². The summed E-state index contributed by atoms with van der Waals surface area (Å²) in [6.07, 6.45) is 5.08. The third kappa shape index (κ3) is 4.54. The molecule has 0 aliphatic heterocycles. The van der Waals surface area contributed by atoms with E-state index in [1.807, 2.05) is 41.8 Å². The van der Waals surface area contributed by atoms with E-state index in [-0.39, 0.29) is 0 Å². The van der Waals surface area contributed by atoms with E-state index in [0.717, 1.165) is 23.7 Å². The fourth-order valence-electron chi connectivity index (χ4n) is 1.94. The molecule has 5 heteroatoms. The third-order valence-corrected chi connectivity index (χ3v) is 4.59. The molecular weight excluding hydrogens is 290 g/mol. The highest BCUT2D eigenvalue weighted by Gasteiger charge is 2.09. The summed E-state index contributed by atoms with van der Waals surface area (Å²) in [6, 6.07) is 8.43. The number of benzene rings is 1. The van der Waals surface area contributed by atoms with Crippen LogP contribution in [-0.4, -0.2) is 28.6 Å². The van der Waals surface area contributed by atoms with E-state index in [1.165, 1.54) is 10.5 Å². The highest BCUT2D eigenvalue weighted by Crippen LogP contribution is 2.21. The fourth-order valence-corrected chi connectivity index (χ4v) is 3.07. The first-order valence-electron chi connectivity index (χ1n) is 6.78. The standard InChI is InChI=1S/C15H20ClN3S/c1-3-19-10-12(9-18-19)8-14(17-2)11-20-15-6-4-13(16)5-7-15/h4-7,9-10,14,17H,3,8,11H2,1-2H3. The Bertz CT molecular complexity index is 524. The minimum absolute atomic E-state index is 0.435. The molecule has 108 valence electrons. The molecule has 3 nitrogen and oxygen atoms in total. The zero-order valence-electron chi connectivity index (χ0n) is 11.8. The number of likely N-dealkylation sites (N-methyl/N-ethyl adjacent to an activating group) is 1. The molecule has 1 unspecified atom stereocenters. The average Bonchev–Trinajstić information content (AvgIpc) is 2.93. The molecule has 0 spiro atoms. The van der Waals surface area contributed by atoms with E-state index in [0.29, 0.717) is 6.04 Å². The maximum Gasteiger partial charge on any atom is 0.0522 e. The first-order chi connectivity index (χ1) is 9.71. The van der Waals surface area contributed by atoms with Crippen LogP contribution in [0.3, 0.4) is 0 Å². The van der Waals surface area contributed by atoms with E-state index in [4.69, 9.17) is 11.6 Å². The van der Waals surface area contributed by atoms with E-state index in [1.54, 1.807) is 0 Å². The normalized spacial score (nSPS) is 12.6. The van der Waals surface area contributed by atoms with Crippen LogP contribution >= 0.6 is 23.4 Å². The number of hydrogen-bond acceptors (Lipinski definition) is 3. The van der Waals surface area contributed by atoms with Gasteiger partial charge in [-0.15, -0.1) is 11.8 Å². The molecule has 1 N–H and O–H groups in total. The zero-order valence-corrected chi connectivity index (χ0v) is 13.4. The lowest BCUT2D eigenvalue weighted by atomic mass is 10.1. The summed E-state index contributed by atoms with van der Waals surface area (Å²) in [5.41, 5.74) is 1.28. The minimum Gasteiger partial charge on any atom is -0.316 e. The largest absolute Gasteiger partial charge is 0.316 e. The molecule has 0 aliphatic carbocycles. The second-order valence-electron chi connectivity index (χ2n) is 4.66. The van der Waals surface area contributed by atoms with Gasteiger partial charge in [0.25, 0.3) is 0 Å². The van der Waals surface area contributed by atoms with Crippen LogP contribution in [0.5, 0.6) is 0 Å². The molecule has 2 aromatic rings. The van der Waals surface area contributed by atoms with Crippen molar-refractivity contribution in [1.82, 2.24) is 15.1 Å². The molecule has 0 aliphatic rings. The lowest BCUT2D eigenvalue weighted by molar-refractivity contribution is 0.615. The van der Waals surface area contributed by atoms with Crippen molar-refractivity contribution in [3.8, 4) is 0 Å². The van der Waals surface area contributed by atoms with Crippen molar-refractivity contribution in [3.05, 3.63) is 47.2 Å². The van der Waals surface area contributed by atoms with Crippen molar-refractivity contribution in [2.24, 2.45) is 0 Å². The third-order valence-electron chi connectivity index (χ3n) is 3.17. The van der Waals surface area contributed by atoms with Gasteiger partial charge in [0.2, 0.25) is 0 Å². The number of halogens is 1. The summed E-state index contributed by atoms with van der Waals surface area (Å²) in [6.45, 7) is 3.02. The van der Waals surface area contributed by atoms with Gasteiger partial charge in [-0.05, 0) is 50.2 Å². The summed E-state index contributed by atoms with van der Waals surface area (Å²) in [4.78, 5) is 1.25. The summed E-state index contributed by atoms with van der Waals surface area (Å²) < 4.78 is 1.97. The summed E-state index contributed by atoms with van der Waals surface area (Å²) >= 11 is 7.74. The SMILES string of the molecule is CCn1cc(CC(CSc2ccc(Cl)cc2)NC)cn1. The van der Waals surface area contributed by atoms with Gasteiger partial charge in [0.1, 0.15) is 0 Å². The molecule has 1 aromatic heterocycles. The van der Waals surface area contributed by atoms with Crippen LogP contribution in [0, 0.1) is 0 Å². The number of aryl methyl sites for hydroxylation is 1. The Morgan fingerprint density at radius 1 is 1.35 bits per heavy atom. The number of aromatic nitrogens is 2. The number of nitrogens with one attached hydrogen (secondary N) is 1. The summed E-state index contributed by atoms with van der Waals surface area (Å²) in [5, 5.41) is 8.48. The van der Waals surface area contributed by atoms with E-state index < -0.39 is 0 Å². The Morgan fingerprint density at radius 3 is 2.70 bits per heavy atom. The second-order valence-corrected chi connectivity index (χ2v) is 6.19. The van der Waals surface area contributed by atoms with Gasteiger partial charge in [-0.2, -0.15) is 5.10 Å².